The Hall–Kier alpha value is -2.08. The van der Waals surface area contributed by atoms with E-state index in [0.717, 1.165) is 16.4 Å². The number of urea groups is 1. The highest BCUT2D eigenvalue weighted by Gasteiger charge is 2.15. The molecule has 0 saturated heterocycles. The average molecular weight is 264 g/mol. The average Bonchev–Trinajstić information content (AvgIpc) is 2.75. The van der Waals surface area contributed by atoms with Gasteiger partial charge in [-0.25, -0.2) is 4.79 Å². The van der Waals surface area contributed by atoms with Gasteiger partial charge in [0, 0.05) is 12.4 Å². The largest absolute Gasteiger partial charge is 0.495 e. The standard InChI is InChI=1S/C12H12N2O3S/c1-13-12(16)14-11-8(6-15)7-4-3-5-9(17-2)10(7)18-11/h3-6H,1-2H3,(H2,13,14,16). The van der Waals surface area contributed by atoms with Crippen molar-refractivity contribution in [3.8, 4) is 5.75 Å². The molecule has 18 heavy (non-hydrogen) atoms. The molecule has 0 aliphatic rings. The number of amides is 2. The van der Waals surface area contributed by atoms with Crippen LogP contribution in [0.15, 0.2) is 18.2 Å². The molecule has 0 aliphatic heterocycles. The Morgan fingerprint density at radius 2 is 2.22 bits per heavy atom. The Morgan fingerprint density at radius 3 is 2.83 bits per heavy atom. The summed E-state index contributed by atoms with van der Waals surface area (Å²) in [4.78, 5) is 22.5. The summed E-state index contributed by atoms with van der Waals surface area (Å²) in [5.74, 6) is 0.686. The number of nitrogens with one attached hydrogen (secondary N) is 2. The second-order valence-electron chi connectivity index (χ2n) is 3.50. The molecule has 0 unspecified atom stereocenters. The van der Waals surface area contributed by atoms with Crippen molar-refractivity contribution in [2.45, 2.75) is 0 Å². The second kappa shape index (κ2) is 5.05. The van der Waals surface area contributed by atoms with Crippen molar-refractivity contribution in [2.24, 2.45) is 0 Å². The van der Waals surface area contributed by atoms with E-state index in [4.69, 9.17) is 4.74 Å². The van der Waals surface area contributed by atoms with Gasteiger partial charge < -0.3 is 10.1 Å². The molecule has 6 heteroatoms. The van der Waals surface area contributed by atoms with E-state index in [-0.39, 0.29) is 6.03 Å². The SMILES string of the molecule is CNC(=O)Nc1sc2c(OC)cccc2c1C=O. The fraction of sp³-hybridized carbons (Fsp3) is 0.167. The van der Waals surface area contributed by atoms with Crippen LogP contribution in [0.3, 0.4) is 0 Å². The molecule has 1 heterocycles. The van der Waals surface area contributed by atoms with Crippen molar-refractivity contribution in [1.82, 2.24) is 5.32 Å². The molecule has 1 aromatic heterocycles. The molecule has 1 aromatic carbocycles. The third-order valence-electron chi connectivity index (χ3n) is 2.51. The van der Waals surface area contributed by atoms with Gasteiger partial charge in [-0.05, 0) is 6.07 Å². The molecule has 94 valence electrons. The number of methoxy groups -OCH3 is 1. The molecule has 2 amide bonds. The van der Waals surface area contributed by atoms with Crippen molar-refractivity contribution >= 4 is 38.7 Å². The van der Waals surface area contributed by atoms with Crippen LogP contribution in [0, 0.1) is 0 Å². The lowest BCUT2D eigenvalue weighted by molar-refractivity contribution is 0.112. The number of benzene rings is 1. The Kier molecular flexibility index (Phi) is 3.47. The number of thiophene rings is 1. The fourth-order valence-corrected chi connectivity index (χ4v) is 2.80. The lowest BCUT2D eigenvalue weighted by Gasteiger charge is -2.00. The Bertz CT molecular complexity index is 607. The summed E-state index contributed by atoms with van der Waals surface area (Å²) < 4.78 is 6.08. The van der Waals surface area contributed by atoms with Gasteiger partial charge in [0.25, 0.3) is 0 Å². The molecular formula is C12H12N2O3S. The smallest absolute Gasteiger partial charge is 0.319 e. The number of hydrogen-bond acceptors (Lipinski definition) is 4. The number of carbonyl (C=O) groups is 2. The van der Waals surface area contributed by atoms with E-state index in [0.29, 0.717) is 16.3 Å². The van der Waals surface area contributed by atoms with E-state index >= 15 is 0 Å². The predicted molar refractivity (Wildman–Crippen MR) is 71.8 cm³/mol. The van der Waals surface area contributed by atoms with Crippen LogP contribution < -0.4 is 15.4 Å². The number of carbonyl (C=O) groups excluding carboxylic acids is 2. The van der Waals surface area contributed by atoms with Crippen LogP contribution in [0.4, 0.5) is 9.80 Å². The predicted octanol–water partition coefficient (Wildman–Crippen LogP) is 2.47. The number of rotatable bonds is 3. The summed E-state index contributed by atoms with van der Waals surface area (Å²) >= 11 is 1.32. The minimum atomic E-state index is -0.358. The summed E-state index contributed by atoms with van der Waals surface area (Å²) in [5.41, 5.74) is 0.470. The maximum atomic E-state index is 11.3. The van der Waals surface area contributed by atoms with Gasteiger partial charge in [0.05, 0.1) is 17.4 Å². The maximum absolute atomic E-state index is 11.3. The molecule has 2 rings (SSSR count). The molecule has 5 nitrogen and oxygen atoms in total. The van der Waals surface area contributed by atoms with Gasteiger partial charge >= 0.3 is 6.03 Å². The minimum absolute atomic E-state index is 0.358. The van der Waals surface area contributed by atoms with Gasteiger partial charge in [-0.2, -0.15) is 0 Å². The van der Waals surface area contributed by atoms with E-state index in [1.54, 1.807) is 7.11 Å². The highest BCUT2D eigenvalue weighted by molar-refractivity contribution is 7.23. The zero-order valence-electron chi connectivity index (χ0n) is 9.94. The summed E-state index contributed by atoms with van der Waals surface area (Å²) in [6.45, 7) is 0. The Labute approximate surface area is 108 Å². The van der Waals surface area contributed by atoms with Crippen LogP contribution in [-0.4, -0.2) is 26.5 Å². The van der Waals surface area contributed by atoms with Crippen molar-refractivity contribution < 1.29 is 14.3 Å². The zero-order valence-corrected chi connectivity index (χ0v) is 10.8. The summed E-state index contributed by atoms with van der Waals surface area (Å²) in [7, 11) is 3.09. The van der Waals surface area contributed by atoms with Crippen molar-refractivity contribution in [1.29, 1.82) is 0 Å². The van der Waals surface area contributed by atoms with Crippen LogP contribution in [0.5, 0.6) is 5.75 Å². The van der Waals surface area contributed by atoms with Gasteiger partial charge in [0.15, 0.2) is 6.29 Å². The second-order valence-corrected chi connectivity index (χ2v) is 4.52. The first-order valence-corrected chi connectivity index (χ1v) is 6.06. The fourth-order valence-electron chi connectivity index (χ4n) is 1.65. The van der Waals surface area contributed by atoms with Crippen LogP contribution in [-0.2, 0) is 0 Å². The van der Waals surface area contributed by atoms with Gasteiger partial charge in [-0.15, -0.1) is 11.3 Å². The minimum Gasteiger partial charge on any atom is -0.495 e. The number of hydrogen-bond donors (Lipinski definition) is 2. The third-order valence-corrected chi connectivity index (χ3v) is 3.66. The third kappa shape index (κ3) is 2.02. The highest BCUT2D eigenvalue weighted by Crippen LogP contribution is 2.39. The van der Waals surface area contributed by atoms with Crippen molar-refractivity contribution in [3.05, 3.63) is 23.8 Å². The lowest BCUT2D eigenvalue weighted by atomic mass is 10.2. The quantitative estimate of drug-likeness (QED) is 0.837. The number of anilines is 1. The monoisotopic (exact) mass is 264 g/mol. The molecule has 0 saturated carbocycles. The first kappa shape index (κ1) is 12.4. The molecule has 0 aliphatic carbocycles. The molecule has 0 spiro atoms. The molecular weight excluding hydrogens is 252 g/mol. The number of fused-ring (bicyclic) bond motifs is 1. The number of aldehydes is 1. The van der Waals surface area contributed by atoms with E-state index in [2.05, 4.69) is 10.6 Å². The highest BCUT2D eigenvalue weighted by atomic mass is 32.1. The van der Waals surface area contributed by atoms with Crippen molar-refractivity contribution in [2.75, 3.05) is 19.5 Å². The van der Waals surface area contributed by atoms with Gasteiger partial charge in [0.2, 0.25) is 0 Å². The van der Waals surface area contributed by atoms with Crippen LogP contribution >= 0.6 is 11.3 Å². The summed E-state index contributed by atoms with van der Waals surface area (Å²) in [5, 5.41) is 6.38. The van der Waals surface area contributed by atoms with E-state index < -0.39 is 0 Å². The van der Waals surface area contributed by atoms with Crippen LogP contribution in [0.1, 0.15) is 10.4 Å². The number of ether oxygens (including phenoxy) is 1. The topological polar surface area (TPSA) is 67.4 Å². The van der Waals surface area contributed by atoms with Gasteiger partial charge in [-0.1, -0.05) is 12.1 Å². The lowest BCUT2D eigenvalue weighted by Crippen LogP contribution is -2.24. The zero-order chi connectivity index (χ0) is 13.1. The first-order chi connectivity index (χ1) is 8.71. The normalized spacial score (nSPS) is 10.1. The van der Waals surface area contributed by atoms with Gasteiger partial charge in [-0.3, -0.25) is 10.1 Å². The Morgan fingerprint density at radius 1 is 1.44 bits per heavy atom. The molecule has 2 aromatic rings. The molecule has 0 atom stereocenters. The summed E-state index contributed by atoms with van der Waals surface area (Å²) in [6, 6.07) is 5.10. The van der Waals surface area contributed by atoms with E-state index in [1.807, 2.05) is 18.2 Å². The first-order valence-electron chi connectivity index (χ1n) is 5.24. The maximum Gasteiger partial charge on any atom is 0.319 e. The summed E-state index contributed by atoms with van der Waals surface area (Å²) in [6.07, 6.45) is 0.740. The van der Waals surface area contributed by atoms with E-state index in [1.165, 1.54) is 18.4 Å². The van der Waals surface area contributed by atoms with Crippen molar-refractivity contribution in [3.63, 3.8) is 0 Å². The molecule has 2 N–H and O–H groups in total. The molecule has 0 fully saturated rings. The van der Waals surface area contributed by atoms with Crippen LogP contribution in [0.2, 0.25) is 0 Å². The van der Waals surface area contributed by atoms with Crippen LogP contribution in [0.25, 0.3) is 10.1 Å². The Balaban J connectivity index is 2.60. The van der Waals surface area contributed by atoms with Gasteiger partial charge in [0.1, 0.15) is 10.8 Å². The van der Waals surface area contributed by atoms with E-state index in [9.17, 15) is 9.59 Å². The molecule has 0 bridgehead atoms. The molecule has 0 radical (unpaired) electrons.